The van der Waals surface area contributed by atoms with Gasteiger partial charge >= 0.3 is 0 Å². The van der Waals surface area contributed by atoms with Crippen molar-refractivity contribution in [2.75, 3.05) is 0 Å². The number of hydrogen-bond acceptors (Lipinski definition) is 1. The average Bonchev–Trinajstić information content (AvgIpc) is 3.59. The largest absolute Gasteiger partial charge is 0.455 e. The first-order valence-electron chi connectivity index (χ1n) is 18.3. The lowest BCUT2D eigenvalue weighted by atomic mass is 9.82. The highest BCUT2D eigenvalue weighted by Gasteiger charge is 2.22. The molecule has 0 atom stereocenters. The Balaban J connectivity index is 1.27. The molecule has 0 radical (unpaired) electrons. The second-order valence-corrected chi connectivity index (χ2v) is 14.0. The Kier molecular flexibility index (Phi) is 6.62. The third-order valence-corrected chi connectivity index (χ3v) is 11.0. The maximum Gasteiger partial charge on any atom is 0.143 e. The number of hydrogen-bond donors (Lipinski definition) is 0. The molecule has 1 nitrogen and oxygen atoms in total. The first-order chi connectivity index (χ1) is 26.3. The lowest BCUT2D eigenvalue weighted by Gasteiger charge is -2.21. The van der Waals surface area contributed by atoms with E-state index in [0.717, 1.165) is 33.1 Å². The molecule has 0 unspecified atom stereocenters. The van der Waals surface area contributed by atoms with E-state index in [-0.39, 0.29) is 0 Å². The smallest absolute Gasteiger partial charge is 0.143 e. The van der Waals surface area contributed by atoms with E-state index in [0.29, 0.717) is 0 Å². The summed E-state index contributed by atoms with van der Waals surface area (Å²) in [7, 11) is 0. The van der Waals surface area contributed by atoms with Crippen molar-refractivity contribution in [1.29, 1.82) is 0 Å². The van der Waals surface area contributed by atoms with Crippen molar-refractivity contribution in [1.82, 2.24) is 0 Å². The molecule has 11 aromatic rings. The van der Waals surface area contributed by atoms with E-state index in [2.05, 4.69) is 194 Å². The SMILES string of the molecule is c1ccc(-c2c(-c3c4ccccc4c(-c4cc(-c5ccccc5)c5oc6cc7ccccc7cc6c5c4)c4ccccc34)ccc3ccccc23)cc1. The van der Waals surface area contributed by atoms with E-state index in [9.17, 15) is 0 Å². The van der Waals surface area contributed by atoms with Crippen LogP contribution in [0.2, 0.25) is 0 Å². The van der Waals surface area contributed by atoms with Gasteiger partial charge in [0.15, 0.2) is 0 Å². The topological polar surface area (TPSA) is 13.1 Å². The number of benzene rings is 10. The van der Waals surface area contributed by atoms with E-state index < -0.39 is 0 Å². The zero-order valence-corrected chi connectivity index (χ0v) is 28.9. The zero-order valence-electron chi connectivity index (χ0n) is 28.9. The van der Waals surface area contributed by atoms with Gasteiger partial charge in [-0.2, -0.15) is 0 Å². The van der Waals surface area contributed by atoms with Gasteiger partial charge in [-0.25, -0.2) is 0 Å². The van der Waals surface area contributed by atoms with Gasteiger partial charge in [-0.15, -0.1) is 0 Å². The molecule has 10 aromatic carbocycles. The summed E-state index contributed by atoms with van der Waals surface area (Å²) >= 11 is 0. The molecule has 1 aromatic heterocycles. The number of fused-ring (bicyclic) bond motifs is 7. The van der Waals surface area contributed by atoms with Crippen LogP contribution in [-0.4, -0.2) is 0 Å². The van der Waals surface area contributed by atoms with E-state index in [4.69, 9.17) is 4.42 Å². The summed E-state index contributed by atoms with van der Waals surface area (Å²) in [4.78, 5) is 0. The van der Waals surface area contributed by atoms with E-state index >= 15 is 0 Å². The molecule has 0 fully saturated rings. The van der Waals surface area contributed by atoms with Gasteiger partial charge in [-0.1, -0.05) is 170 Å². The van der Waals surface area contributed by atoms with Gasteiger partial charge in [-0.05, 0) is 106 Å². The minimum absolute atomic E-state index is 0.905. The van der Waals surface area contributed by atoms with Crippen LogP contribution in [0.25, 0.3) is 110 Å². The minimum atomic E-state index is 0.905. The Bertz CT molecular complexity index is 3150. The van der Waals surface area contributed by atoms with Crippen LogP contribution < -0.4 is 0 Å². The summed E-state index contributed by atoms with van der Waals surface area (Å²) in [5.41, 5.74) is 11.4. The fourth-order valence-corrected chi connectivity index (χ4v) is 8.66. The van der Waals surface area contributed by atoms with Gasteiger partial charge in [0.1, 0.15) is 11.2 Å². The lowest BCUT2D eigenvalue weighted by Crippen LogP contribution is -1.94. The van der Waals surface area contributed by atoms with Crippen LogP contribution in [0.1, 0.15) is 0 Å². The lowest BCUT2D eigenvalue weighted by molar-refractivity contribution is 0.670. The average molecular weight is 673 g/mol. The Morgan fingerprint density at radius 1 is 0.264 bits per heavy atom. The fourth-order valence-electron chi connectivity index (χ4n) is 8.66. The van der Waals surface area contributed by atoms with Gasteiger partial charge in [-0.3, -0.25) is 0 Å². The highest BCUT2D eigenvalue weighted by atomic mass is 16.3. The van der Waals surface area contributed by atoms with Crippen LogP contribution in [0.5, 0.6) is 0 Å². The Labute approximate surface area is 307 Å². The Hall–Kier alpha value is -6.96. The summed E-state index contributed by atoms with van der Waals surface area (Å²) in [6, 6.07) is 70.6. The molecule has 0 N–H and O–H groups in total. The molecule has 0 saturated carbocycles. The third kappa shape index (κ3) is 4.64. The van der Waals surface area contributed by atoms with Crippen molar-refractivity contribution in [3.8, 4) is 44.5 Å². The monoisotopic (exact) mass is 672 g/mol. The normalized spacial score (nSPS) is 11.8. The van der Waals surface area contributed by atoms with Gasteiger partial charge in [0.2, 0.25) is 0 Å². The molecule has 0 saturated heterocycles. The highest BCUT2D eigenvalue weighted by molar-refractivity contribution is 6.25. The van der Waals surface area contributed by atoms with Crippen LogP contribution >= 0.6 is 0 Å². The van der Waals surface area contributed by atoms with Crippen LogP contribution in [-0.2, 0) is 0 Å². The molecule has 11 rings (SSSR count). The summed E-state index contributed by atoms with van der Waals surface area (Å²) in [5.74, 6) is 0. The molecule has 53 heavy (non-hydrogen) atoms. The fraction of sp³-hybridized carbons (Fsp3) is 0. The van der Waals surface area contributed by atoms with Crippen LogP contribution in [0.3, 0.4) is 0 Å². The molecule has 0 amide bonds. The molecule has 246 valence electrons. The molecular weight excluding hydrogens is 641 g/mol. The maximum atomic E-state index is 6.78. The number of furan rings is 1. The van der Waals surface area contributed by atoms with Crippen molar-refractivity contribution in [3.63, 3.8) is 0 Å². The van der Waals surface area contributed by atoms with Crippen molar-refractivity contribution < 1.29 is 4.42 Å². The standard InChI is InChI=1S/C52H32O/c1-3-15-33(16-4-1)45-30-38(31-47-46-29-36-20-7-8-21-37(36)32-48(46)53-52(45)47)50-40-23-11-13-25-42(40)51(43-26-14-12-24-41(43)50)44-28-27-34-17-9-10-22-39(34)49(44)35-18-5-2-6-19-35/h1-32H. The molecule has 0 aliphatic carbocycles. The predicted molar refractivity (Wildman–Crippen MR) is 225 cm³/mol. The van der Waals surface area contributed by atoms with E-state index in [1.807, 2.05) is 0 Å². The third-order valence-electron chi connectivity index (χ3n) is 11.0. The molecule has 0 spiro atoms. The molecule has 1 heteroatoms. The highest BCUT2D eigenvalue weighted by Crippen LogP contribution is 2.49. The summed E-state index contributed by atoms with van der Waals surface area (Å²) < 4.78 is 6.78. The van der Waals surface area contributed by atoms with Crippen molar-refractivity contribution >= 4 is 65.0 Å². The molecule has 0 aliphatic heterocycles. The molecule has 1 heterocycles. The minimum Gasteiger partial charge on any atom is -0.455 e. The summed E-state index contributed by atoms with van der Waals surface area (Å²) in [5, 5.41) is 12.1. The molecular formula is C52H32O. The van der Waals surface area contributed by atoms with Crippen LogP contribution in [0.15, 0.2) is 199 Å². The second kappa shape index (κ2) is 11.8. The Morgan fingerprint density at radius 2 is 0.792 bits per heavy atom. The first-order valence-corrected chi connectivity index (χ1v) is 18.3. The van der Waals surface area contributed by atoms with E-state index in [1.54, 1.807) is 0 Å². The van der Waals surface area contributed by atoms with Gasteiger partial charge in [0.25, 0.3) is 0 Å². The Morgan fingerprint density at radius 3 is 1.45 bits per heavy atom. The van der Waals surface area contributed by atoms with Crippen LogP contribution in [0, 0.1) is 0 Å². The maximum absolute atomic E-state index is 6.78. The van der Waals surface area contributed by atoms with Gasteiger partial charge in [0.05, 0.1) is 0 Å². The van der Waals surface area contributed by atoms with Crippen molar-refractivity contribution in [3.05, 3.63) is 194 Å². The van der Waals surface area contributed by atoms with E-state index in [1.165, 1.54) is 76.5 Å². The zero-order chi connectivity index (χ0) is 34.9. The quantitative estimate of drug-likeness (QED) is 0.170. The molecule has 0 aliphatic rings. The van der Waals surface area contributed by atoms with Crippen molar-refractivity contribution in [2.45, 2.75) is 0 Å². The first kappa shape index (κ1) is 29.7. The number of rotatable bonds is 4. The second-order valence-electron chi connectivity index (χ2n) is 14.0. The van der Waals surface area contributed by atoms with Gasteiger partial charge in [0, 0.05) is 16.3 Å². The molecule has 0 bridgehead atoms. The van der Waals surface area contributed by atoms with Crippen molar-refractivity contribution in [2.24, 2.45) is 0 Å². The van der Waals surface area contributed by atoms with Gasteiger partial charge < -0.3 is 4.42 Å². The predicted octanol–water partition coefficient (Wildman–Crippen LogP) is 14.9. The summed E-state index contributed by atoms with van der Waals surface area (Å²) in [6.45, 7) is 0. The van der Waals surface area contributed by atoms with Crippen LogP contribution in [0.4, 0.5) is 0 Å². The summed E-state index contributed by atoms with van der Waals surface area (Å²) in [6.07, 6.45) is 0.